The minimum absolute atomic E-state index is 0.0185. The Balaban J connectivity index is 1.85. The van der Waals surface area contributed by atoms with Crippen LogP contribution in [0.1, 0.15) is 31.9 Å². The first-order valence-electron chi connectivity index (χ1n) is 9.40. The van der Waals surface area contributed by atoms with Crippen molar-refractivity contribution < 1.29 is 19.1 Å². The van der Waals surface area contributed by atoms with Crippen LogP contribution in [0.25, 0.3) is 6.08 Å². The number of hydrogen-bond acceptors (Lipinski definition) is 5. The van der Waals surface area contributed by atoms with Gasteiger partial charge in [0.2, 0.25) is 17.7 Å². The topological polar surface area (TPSA) is 89.5 Å². The maximum absolute atomic E-state index is 12.3. The molecule has 1 heterocycles. The van der Waals surface area contributed by atoms with Crippen molar-refractivity contribution in [1.29, 1.82) is 0 Å². The van der Waals surface area contributed by atoms with Crippen molar-refractivity contribution in [2.75, 3.05) is 7.11 Å². The molecule has 0 bridgehead atoms. The molecule has 0 fully saturated rings. The second kappa shape index (κ2) is 10.8. The molecule has 2 amide bonds. The molecule has 1 unspecified atom stereocenters. The Bertz CT molecular complexity index is 847. The van der Waals surface area contributed by atoms with Gasteiger partial charge in [0, 0.05) is 24.4 Å². The number of rotatable bonds is 9. The van der Waals surface area contributed by atoms with Gasteiger partial charge < -0.3 is 20.1 Å². The number of nitrogens with zero attached hydrogens (tertiary/aromatic N) is 1. The summed E-state index contributed by atoms with van der Waals surface area (Å²) in [6.45, 7) is 5.71. The Morgan fingerprint density at radius 2 is 1.86 bits per heavy atom. The Morgan fingerprint density at radius 3 is 2.52 bits per heavy atom. The van der Waals surface area contributed by atoms with E-state index >= 15 is 0 Å². The third-order valence-corrected chi connectivity index (χ3v) is 3.95. The van der Waals surface area contributed by atoms with Crippen LogP contribution < -0.4 is 20.1 Å². The normalized spacial score (nSPS) is 11.9. The van der Waals surface area contributed by atoms with Crippen molar-refractivity contribution in [3.8, 4) is 11.6 Å². The number of amides is 2. The van der Waals surface area contributed by atoms with E-state index in [9.17, 15) is 9.59 Å². The van der Waals surface area contributed by atoms with Crippen molar-refractivity contribution in [2.24, 2.45) is 0 Å². The van der Waals surface area contributed by atoms with Crippen LogP contribution in [-0.2, 0) is 16.1 Å². The smallest absolute Gasteiger partial charge is 0.244 e. The first kappa shape index (κ1) is 21.9. The quantitative estimate of drug-likeness (QED) is 0.635. The highest BCUT2D eigenvalue weighted by Crippen LogP contribution is 2.15. The van der Waals surface area contributed by atoms with Gasteiger partial charge in [0.05, 0.1) is 13.2 Å². The van der Waals surface area contributed by atoms with Crippen molar-refractivity contribution in [3.63, 3.8) is 0 Å². The van der Waals surface area contributed by atoms with Crippen LogP contribution >= 0.6 is 0 Å². The van der Waals surface area contributed by atoms with Gasteiger partial charge in [0.1, 0.15) is 11.8 Å². The molecule has 0 aliphatic rings. The van der Waals surface area contributed by atoms with Crippen molar-refractivity contribution in [3.05, 3.63) is 59.8 Å². The van der Waals surface area contributed by atoms with Gasteiger partial charge in [0.25, 0.3) is 0 Å². The second-order valence-electron chi connectivity index (χ2n) is 6.69. The first-order valence-corrected chi connectivity index (χ1v) is 9.40. The number of aromatic nitrogens is 1. The first-order chi connectivity index (χ1) is 13.9. The summed E-state index contributed by atoms with van der Waals surface area (Å²) >= 11 is 0. The molecule has 2 aromatic rings. The molecular formula is C22H27N3O4. The average molecular weight is 397 g/mol. The van der Waals surface area contributed by atoms with E-state index in [1.54, 1.807) is 32.4 Å². The van der Waals surface area contributed by atoms with Crippen LogP contribution in [0.2, 0.25) is 0 Å². The summed E-state index contributed by atoms with van der Waals surface area (Å²) in [7, 11) is 1.59. The largest absolute Gasteiger partial charge is 0.497 e. The van der Waals surface area contributed by atoms with Gasteiger partial charge in [-0.3, -0.25) is 9.59 Å². The molecule has 1 aromatic carbocycles. The summed E-state index contributed by atoms with van der Waals surface area (Å²) < 4.78 is 10.7. The molecular weight excluding hydrogens is 370 g/mol. The monoisotopic (exact) mass is 397 g/mol. The van der Waals surface area contributed by atoms with Gasteiger partial charge in [0.15, 0.2) is 0 Å². The predicted molar refractivity (Wildman–Crippen MR) is 111 cm³/mol. The number of hydrogen-bond donors (Lipinski definition) is 2. The predicted octanol–water partition coefficient (Wildman–Crippen LogP) is 2.71. The Morgan fingerprint density at radius 1 is 1.14 bits per heavy atom. The molecule has 2 N–H and O–H groups in total. The summed E-state index contributed by atoms with van der Waals surface area (Å²) in [6.07, 6.45) is 4.68. The number of carbonyl (C=O) groups is 2. The van der Waals surface area contributed by atoms with Crippen LogP contribution in [0.5, 0.6) is 11.6 Å². The summed E-state index contributed by atoms with van der Waals surface area (Å²) in [5.41, 5.74) is 1.62. The van der Waals surface area contributed by atoms with Crippen LogP contribution in [0.4, 0.5) is 0 Å². The molecule has 0 aliphatic heterocycles. The zero-order valence-corrected chi connectivity index (χ0v) is 17.1. The third kappa shape index (κ3) is 7.29. The van der Waals surface area contributed by atoms with Gasteiger partial charge in [-0.15, -0.1) is 0 Å². The fraction of sp³-hybridized carbons (Fsp3) is 0.318. The van der Waals surface area contributed by atoms with E-state index in [1.807, 2.05) is 44.2 Å². The van der Waals surface area contributed by atoms with Crippen LogP contribution in [0.3, 0.4) is 0 Å². The van der Waals surface area contributed by atoms with Crippen LogP contribution in [0.15, 0.2) is 48.7 Å². The number of methoxy groups -OCH3 is 1. The SMILES string of the molecule is COc1ccc(/C=C/C(=O)NC(C)C(=O)NCc2cccnc2OC(C)C)cc1. The minimum Gasteiger partial charge on any atom is -0.497 e. The van der Waals surface area contributed by atoms with Gasteiger partial charge in [-0.2, -0.15) is 0 Å². The summed E-state index contributed by atoms with van der Waals surface area (Å²) in [4.78, 5) is 28.6. The highest BCUT2D eigenvalue weighted by Gasteiger charge is 2.15. The molecule has 0 saturated heterocycles. The van der Waals surface area contributed by atoms with Crippen molar-refractivity contribution in [2.45, 2.75) is 39.5 Å². The van der Waals surface area contributed by atoms with E-state index in [0.717, 1.165) is 16.9 Å². The average Bonchev–Trinajstić information content (AvgIpc) is 2.71. The fourth-order valence-electron chi connectivity index (χ4n) is 2.44. The summed E-state index contributed by atoms with van der Waals surface area (Å²) in [6, 6.07) is 10.2. The molecule has 0 aliphatic carbocycles. The minimum atomic E-state index is -0.686. The zero-order chi connectivity index (χ0) is 21.2. The molecule has 2 rings (SSSR count). The van der Waals surface area contributed by atoms with E-state index < -0.39 is 6.04 Å². The molecule has 0 saturated carbocycles. The lowest BCUT2D eigenvalue weighted by Crippen LogP contribution is -2.44. The number of ether oxygens (including phenoxy) is 2. The summed E-state index contributed by atoms with van der Waals surface area (Å²) in [5.74, 6) is 0.582. The molecule has 0 radical (unpaired) electrons. The van der Waals surface area contributed by atoms with Gasteiger partial charge in [-0.25, -0.2) is 4.98 Å². The standard InChI is InChI=1S/C22H27N3O4/c1-15(2)29-22-18(6-5-13-23-22)14-24-21(27)16(3)25-20(26)12-9-17-7-10-19(28-4)11-8-17/h5-13,15-16H,14H2,1-4H3,(H,24,27)(H,25,26)/b12-9+. The highest BCUT2D eigenvalue weighted by molar-refractivity contribution is 5.95. The second-order valence-corrected chi connectivity index (χ2v) is 6.69. The maximum atomic E-state index is 12.3. The molecule has 154 valence electrons. The lowest BCUT2D eigenvalue weighted by Gasteiger charge is -2.15. The number of nitrogens with one attached hydrogen (secondary N) is 2. The van der Waals surface area contributed by atoms with E-state index in [0.29, 0.717) is 5.88 Å². The zero-order valence-electron chi connectivity index (χ0n) is 17.1. The van der Waals surface area contributed by atoms with Gasteiger partial charge in [-0.1, -0.05) is 18.2 Å². The third-order valence-electron chi connectivity index (χ3n) is 3.95. The van der Waals surface area contributed by atoms with Crippen molar-refractivity contribution >= 4 is 17.9 Å². The van der Waals surface area contributed by atoms with E-state index in [-0.39, 0.29) is 24.5 Å². The molecule has 7 heteroatoms. The van der Waals surface area contributed by atoms with E-state index in [1.165, 1.54) is 6.08 Å². The lowest BCUT2D eigenvalue weighted by molar-refractivity contribution is -0.126. The molecule has 7 nitrogen and oxygen atoms in total. The summed E-state index contributed by atoms with van der Waals surface area (Å²) in [5, 5.41) is 5.44. The molecule has 29 heavy (non-hydrogen) atoms. The number of pyridine rings is 1. The Labute approximate surface area is 171 Å². The molecule has 1 atom stereocenters. The van der Waals surface area contributed by atoms with Crippen LogP contribution in [0, 0.1) is 0 Å². The molecule has 0 spiro atoms. The fourth-order valence-corrected chi connectivity index (χ4v) is 2.44. The van der Waals surface area contributed by atoms with Gasteiger partial charge in [-0.05, 0) is 50.6 Å². The highest BCUT2D eigenvalue weighted by atomic mass is 16.5. The molecule has 1 aromatic heterocycles. The van der Waals surface area contributed by atoms with E-state index in [2.05, 4.69) is 15.6 Å². The number of carbonyl (C=O) groups excluding carboxylic acids is 2. The van der Waals surface area contributed by atoms with Gasteiger partial charge >= 0.3 is 0 Å². The number of benzene rings is 1. The van der Waals surface area contributed by atoms with Crippen molar-refractivity contribution in [1.82, 2.24) is 15.6 Å². The van der Waals surface area contributed by atoms with E-state index in [4.69, 9.17) is 9.47 Å². The lowest BCUT2D eigenvalue weighted by atomic mass is 10.2. The Hall–Kier alpha value is -3.35. The maximum Gasteiger partial charge on any atom is 0.244 e. The van der Waals surface area contributed by atoms with Crippen LogP contribution in [-0.4, -0.2) is 36.1 Å². The Kier molecular flexibility index (Phi) is 8.21.